The van der Waals surface area contributed by atoms with Crippen molar-refractivity contribution in [3.8, 4) is 22.4 Å². The Labute approximate surface area is 286 Å². The molecule has 244 valence electrons. The molecule has 4 aromatic carbocycles. The lowest BCUT2D eigenvalue weighted by atomic mass is 9.70. The molecule has 3 heterocycles. The van der Waals surface area contributed by atoms with Crippen LogP contribution in [0.5, 0.6) is 0 Å². The molecule has 0 bridgehead atoms. The van der Waals surface area contributed by atoms with Crippen molar-refractivity contribution in [3.05, 3.63) is 114 Å². The summed E-state index contributed by atoms with van der Waals surface area (Å²) in [6, 6.07) is 36.5. The van der Waals surface area contributed by atoms with Crippen LogP contribution in [0.25, 0.3) is 33.3 Å². The maximum Gasteiger partial charge on any atom is 0.494 e. The van der Waals surface area contributed by atoms with Crippen LogP contribution < -0.4 is 10.9 Å². The molecule has 0 aliphatic carbocycles. The van der Waals surface area contributed by atoms with E-state index in [9.17, 15) is 0 Å². The average Bonchev–Trinajstić information content (AvgIpc) is 3.43. The van der Waals surface area contributed by atoms with Gasteiger partial charge in [0.15, 0.2) is 0 Å². The zero-order chi connectivity index (χ0) is 33.9. The second kappa shape index (κ2) is 12.0. The average molecular weight is 637 g/mol. The molecule has 0 saturated carbocycles. The van der Waals surface area contributed by atoms with Crippen molar-refractivity contribution in [3.63, 3.8) is 0 Å². The molecule has 0 amide bonds. The Bertz CT molecular complexity index is 1870. The number of aromatic nitrogens is 1. The van der Waals surface area contributed by atoms with E-state index in [1.165, 1.54) is 22.3 Å². The lowest BCUT2D eigenvalue weighted by Crippen LogP contribution is -2.41. The van der Waals surface area contributed by atoms with E-state index in [4.69, 9.17) is 23.6 Å². The monoisotopic (exact) mass is 637 g/mol. The minimum Gasteiger partial charge on any atom is -0.399 e. The summed E-state index contributed by atoms with van der Waals surface area (Å²) < 4.78 is 25.9. The molecule has 0 unspecified atom stereocenters. The van der Waals surface area contributed by atoms with Crippen LogP contribution in [0.3, 0.4) is 0 Å². The number of pyridine rings is 1. The van der Waals surface area contributed by atoms with E-state index in [1.807, 2.05) is 0 Å². The third-order valence-electron chi connectivity index (χ3n) is 10.8. The molecule has 7 heteroatoms. The molecule has 48 heavy (non-hydrogen) atoms. The van der Waals surface area contributed by atoms with Crippen LogP contribution in [0, 0.1) is 0 Å². The summed E-state index contributed by atoms with van der Waals surface area (Å²) >= 11 is 0. The highest BCUT2D eigenvalue weighted by molar-refractivity contribution is 6.66. The number of rotatable bonds is 7. The number of benzene rings is 4. The molecule has 2 aliphatic rings. The van der Waals surface area contributed by atoms with Crippen LogP contribution in [-0.4, -0.2) is 41.6 Å². The summed E-state index contributed by atoms with van der Waals surface area (Å²) in [6.07, 6.45) is 1.74. The fourth-order valence-corrected chi connectivity index (χ4v) is 6.43. The summed E-state index contributed by atoms with van der Waals surface area (Å²) in [4.78, 5) is 5.04. The maximum absolute atomic E-state index is 6.48. The van der Waals surface area contributed by atoms with Crippen LogP contribution >= 0.6 is 0 Å². The van der Waals surface area contributed by atoms with E-state index in [0.29, 0.717) is 0 Å². The quantitative estimate of drug-likeness (QED) is 0.170. The van der Waals surface area contributed by atoms with Crippen LogP contribution in [0.1, 0.15) is 66.5 Å². The summed E-state index contributed by atoms with van der Waals surface area (Å²) in [7, 11) is -0.934. The van der Waals surface area contributed by atoms with E-state index in [1.54, 1.807) is 0 Å². The summed E-state index contributed by atoms with van der Waals surface area (Å²) in [6.45, 7) is 16.7. The number of nitrogens with zero attached hydrogens (tertiary/aromatic N) is 1. The number of para-hydroxylation sites is 1. The third-order valence-corrected chi connectivity index (χ3v) is 10.8. The molecule has 1 aromatic heterocycles. The van der Waals surface area contributed by atoms with Gasteiger partial charge in [-0.3, -0.25) is 0 Å². The van der Waals surface area contributed by atoms with Gasteiger partial charge in [-0.15, -0.1) is 0 Å². The molecule has 0 spiro atoms. The first-order valence-electron chi connectivity index (χ1n) is 17.1. The van der Waals surface area contributed by atoms with Gasteiger partial charge in [0.2, 0.25) is 0 Å². The predicted molar refractivity (Wildman–Crippen MR) is 198 cm³/mol. The topological polar surface area (TPSA) is 49.8 Å². The van der Waals surface area contributed by atoms with Gasteiger partial charge in [-0.25, -0.2) is 4.98 Å². The van der Waals surface area contributed by atoms with Gasteiger partial charge in [0, 0.05) is 10.9 Å². The first-order chi connectivity index (χ1) is 22.7. The molecule has 0 N–H and O–H groups in total. The van der Waals surface area contributed by atoms with Gasteiger partial charge in [-0.05, 0) is 114 Å². The van der Waals surface area contributed by atoms with E-state index in [-0.39, 0.29) is 0 Å². The first kappa shape index (κ1) is 32.8. The second-order valence-corrected chi connectivity index (χ2v) is 15.3. The van der Waals surface area contributed by atoms with Gasteiger partial charge in [0.05, 0.1) is 33.6 Å². The lowest BCUT2D eigenvalue weighted by molar-refractivity contribution is 0.00578. The van der Waals surface area contributed by atoms with Gasteiger partial charge < -0.3 is 18.6 Å². The molecule has 0 radical (unpaired) electrons. The molecule has 5 nitrogen and oxygen atoms in total. The molecule has 5 aromatic rings. The SMILES string of the molecule is CC1(C)OB(c2cc(CCc3ccc(-c4cc(-c5ccccc5)c5ccccc5n4)cc3)cc(B3OC(C)(C)C(C)(C)O3)c2)OC1(C)C. The highest BCUT2D eigenvalue weighted by Crippen LogP contribution is 2.38. The summed E-state index contributed by atoms with van der Waals surface area (Å²) in [5, 5.41) is 1.16. The maximum atomic E-state index is 6.48. The minimum atomic E-state index is -0.467. The van der Waals surface area contributed by atoms with Crippen molar-refractivity contribution >= 4 is 36.1 Å². The zero-order valence-corrected chi connectivity index (χ0v) is 29.5. The van der Waals surface area contributed by atoms with E-state index < -0.39 is 36.6 Å². The molecule has 2 fully saturated rings. The standard InChI is InChI=1S/C41H45B2NO4/c1-38(2)39(3,4)46-42(45-38)32-24-29(25-33(26-32)43-47-40(5,6)41(7,8)48-43)19-18-28-20-22-31(23-21-28)37-27-35(30-14-10-9-11-15-30)34-16-12-13-17-36(34)44-37/h9-17,20-27H,18-19H2,1-8H3. The Morgan fingerprint density at radius 3 is 1.56 bits per heavy atom. The van der Waals surface area contributed by atoms with Crippen molar-refractivity contribution in [2.45, 2.75) is 90.6 Å². The third kappa shape index (κ3) is 6.14. The first-order valence-corrected chi connectivity index (χ1v) is 17.1. The highest BCUT2D eigenvalue weighted by atomic mass is 16.7. The van der Waals surface area contributed by atoms with Gasteiger partial charge in [-0.2, -0.15) is 0 Å². The number of fused-ring (bicyclic) bond motifs is 1. The van der Waals surface area contributed by atoms with E-state index >= 15 is 0 Å². The Morgan fingerprint density at radius 1 is 0.500 bits per heavy atom. The van der Waals surface area contributed by atoms with Gasteiger partial charge in [0.25, 0.3) is 0 Å². The number of hydrogen-bond donors (Lipinski definition) is 0. The Hall–Kier alpha value is -3.74. The van der Waals surface area contributed by atoms with E-state index in [2.05, 4.69) is 159 Å². The number of hydrogen-bond acceptors (Lipinski definition) is 5. The molecule has 2 aliphatic heterocycles. The van der Waals surface area contributed by atoms with Crippen molar-refractivity contribution in [2.75, 3.05) is 0 Å². The normalized spacial score (nSPS) is 19.2. The summed E-state index contributed by atoms with van der Waals surface area (Å²) in [5.41, 5.74) is 8.18. The second-order valence-electron chi connectivity index (χ2n) is 15.3. The van der Waals surface area contributed by atoms with Gasteiger partial charge in [0.1, 0.15) is 0 Å². The van der Waals surface area contributed by atoms with Crippen molar-refractivity contribution in [1.82, 2.24) is 4.98 Å². The molecular weight excluding hydrogens is 592 g/mol. The molecule has 7 rings (SSSR count). The predicted octanol–water partition coefficient (Wildman–Crippen LogP) is 7.95. The largest absolute Gasteiger partial charge is 0.494 e. The Balaban J connectivity index is 1.15. The zero-order valence-electron chi connectivity index (χ0n) is 29.5. The van der Waals surface area contributed by atoms with Crippen LogP contribution in [0.2, 0.25) is 0 Å². The van der Waals surface area contributed by atoms with Crippen molar-refractivity contribution < 1.29 is 18.6 Å². The molecule has 2 saturated heterocycles. The van der Waals surface area contributed by atoms with Crippen LogP contribution in [-0.2, 0) is 31.5 Å². The smallest absolute Gasteiger partial charge is 0.399 e. The van der Waals surface area contributed by atoms with Gasteiger partial charge in [-0.1, -0.05) is 91.0 Å². The Morgan fingerprint density at radius 2 is 1.00 bits per heavy atom. The number of aryl methyl sites for hydroxylation is 2. The highest BCUT2D eigenvalue weighted by Gasteiger charge is 2.54. The molecule has 0 atom stereocenters. The summed E-state index contributed by atoms with van der Waals surface area (Å²) in [5.74, 6) is 0. The van der Waals surface area contributed by atoms with Gasteiger partial charge >= 0.3 is 14.2 Å². The van der Waals surface area contributed by atoms with Crippen LogP contribution in [0.4, 0.5) is 0 Å². The fourth-order valence-electron chi connectivity index (χ4n) is 6.43. The molecular formula is C41H45B2NO4. The van der Waals surface area contributed by atoms with E-state index in [0.717, 1.165) is 45.9 Å². The van der Waals surface area contributed by atoms with Crippen LogP contribution in [0.15, 0.2) is 103 Å². The van der Waals surface area contributed by atoms with Crippen molar-refractivity contribution in [1.29, 1.82) is 0 Å². The van der Waals surface area contributed by atoms with Crippen molar-refractivity contribution in [2.24, 2.45) is 0 Å². The fraction of sp³-hybridized carbons (Fsp3) is 0.341. The minimum absolute atomic E-state index is 0.429. The lowest BCUT2D eigenvalue weighted by Gasteiger charge is -2.32. The Kier molecular flexibility index (Phi) is 8.19.